The number of thiophene rings is 1. The van der Waals surface area contributed by atoms with Gasteiger partial charge in [0.25, 0.3) is 5.91 Å². The Bertz CT molecular complexity index is 1260. The number of carbonyl (C=O) groups excluding carboxylic acids is 1. The molecule has 6 nitrogen and oxygen atoms in total. The minimum absolute atomic E-state index is 0.133. The maximum atomic E-state index is 13.6. The number of hydrogen-bond acceptors (Lipinski definition) is 6. The second-order valence-electron chi connectivity index (χ2n) is 10.0. The van der Waals surface area contributed by atoms with Gasteiger partial charge in [-0.1, -0.05) is 20.8 Å². The molecule has 1 amide bonds. The molecular formula is C29H34N2O4S. The van der Waals surface area contributed by atoms with Crippen molar-refractivity contribution in [3.05, 3.63) is 64.0 Å². The van der Waals surface area contributed by atoms with Crippen LogP contribution in [-0.4, -0.2) is 33.5 Å². The second-order valence-corrected chi connectivity index (χ2v) is 11.1. The van der Waals surface area contributed by atoms with Crippen LogP contribution >= 0.6 is 11.3 Å². The monoisotopic (exact) mass is 506 g/mol. The largest absolute Gasteiger partial charge is 0.497 e. The number of carbonyl (C=O) groups is 1. The maximum Gasteiger partial charge on any atom is 0.259 e. The molecule has 1 aromatic heterocycles. The van der Waals surface area contributed by atoms with Crippen molar-refractivity contribution in [2.24, 2.45) is 16.3 Å². The van der Waals surface area contributed by atoms with Crippen molar-refractivity contribution in [2.75, 3.05) is 26.6 Å². The highest BCUT2D eigenvalue weighted by Gasteiger charge is 2.33. The molecule has 1 N–H and O–H groups in total. The van der Waals surface area contributed by atoms with E-state index in [9.17, 15) is 4.79 Å². The van der Waals surface area contributed by atoms with Gasteiger partial charge in [0.15, 0.2) is 11.5 Å². The zero-order valence-electron chi connectivity index (χ0n) is 21.8. The van der Waals surface area contributed by atoms with E-state index in [1.807, 2.05) is 42.5 Å². The van der Waals surface area contributed by atoms with Gasteiger partial charge in [-0.2, -0.15) is 0 Å². The molecule has 0 unspecified atom stereocenters. The fraction of sp³-hybridized carbons (Fsp3) is 0.379. The number of hydrogen-bond donors (Lipinski definition) is 1. The van der Waals surface area contributed by atoms with Crippen molar-refractivity contribution >= 4 is 34.1 Å². The average Bonchev–Trinajstić information content (AvgIpc) is 3.25. The molecule has 0 radical (unpaired) electrons. The first-order valence-corrected chi connectivity index (χ1v) is 12.9. The van der Waals surface area contributed by atoms with Crippen LogP contribution in [0.5, 0.6) is 17.2 Å². The standard InChI is InChI=1S/C29H34N2O4S/c1-29(2,3)19-8-13-22-25(16-19)36-28(30-17-18-7-14-23(34-5)24(15-18)35-6)26(22)27(32)31-20-9-11-21(33-4)12-10-20/h7,9-12,14-15,17,19H,8,13,16H2,1-6H3,(H,31,32)/t19-/m0/s1. The zero-order valence-corrected chi connectivity index (χ0v) is 22.6. The van der Waals surface area contributed by atoms with Crippen molar-refractivity contribution in [3.8, 4) is 17.2 Å². The van der Waals surface area contributed by atoms with E-state index in [0.717, 1.165) is 46.8 Å². The summed E-state index contributed by atoms with van der Waals surface area (Å²) in [5, 5.41) is 3.79. The van der Waals surface area contributed by atoms with E-state index >= 15 is 0 Å². The Labute approximate surface area is 217 Å². The molecule has 0 bridgehead atoms. The molecule has 36 heavy (non-hydrogen) atoms. The first-order chi connectivity index (χ1) is 17.2. The zero-order chi connectivity index (χ0) is 25.9. The Balaban J connectivity index is 1.69. The molecule has 1 heterocycles. The Hall–Kier alpha value is -3.32. The van der Waals surface area contributed by atoms with Gasteiger partial charge in [-0.05, 0) is 84.2 Å². The summed E-state index contributed by atoms with van der Waals surface area (Å²) in [4.78, 5) is 19.6. The van der Waals surface area contributed by atoms with Crippen LogP contribution in [-0.2, 0) is 12.8 Å². The lowest BCUT2D eigenvalue weighted by atomic mass is 9.72. The van der Waals surface area contributed by atoms with Crippen LogP contribution in [0.3, 0.4) is 0 Å². The van der Waals surface area contributed by atoms with Crippen molar-refractivity contribution in [1.29, 1.82) is 0 Å². The van der Waals surface area contributed by atoms with Gasteiger partial charge in [0.1, 0.15) is 10.8 Å². The predicted octanol–water partition coefficient (Wildman–Crippen LogP) is 6.93. The number of ether oxygens (including phenoxy) is 3. The van der Waals surface area contributed by atoms with Gasteiger partial charge in [-0.15, -0.1) is 11.3 Å². The van der Waals surface area contributed by atoms with Gasteiger partial charge in [0.05, 0.1) is 26.9 Å². The van der Waals surface area contributed by atoms with E-state index in [1.165, 1.54) is 4.88 Å². The number of methoxy groups -OCH3 is 3. The van der Waals surface area contributed by atoms with E-state index in [2.05, 4.69) is 26.1 Å². The van der Waals surface area contributed by atoms with Crippen molar-refractivity contribution in [2.45, 2.75) is 40.0 Å². The summed E-state index contributed by atoms with van der Waals surface area (Å²) in [6.07, 6.45) is 4.70. The molecule has 2 aromatic carbocycles. The summed E-state index contributed by atoms with van der Waals surface area (Å²) in [6.45, 7) is 6.89. The lowest BCUT2D eigenvalue weighted by Gasteiger charge is -2.33. The van der Waals surface area contributed by atoms with Gasteiger partial charge < -0.3 is 19.5 Å². The molecule has 190 valence electrons. The third kappa shape index (κ3) is 5.57. The number of amides is 1. The molecule has 0 saturated heterocycles. The topological polar surface area (TPSA) is 69.2 Å². The Morgan fingerprint density at radius 3 is 2.39 bits per heavy atom. The quantitative estimate of drug-likeness (QED) is 0.353. The molecule has 0 spiro atoms. The number of benzene rings is 2. The SMILES string of the molecule is COc1ccc(NC(=O)c2c(N=Cc3ccc(OC)c(OC)c3)sc3c2CC[C@H](C(C)(C)C)C3)cc1. The summed E-state index contributed by atoms with van der Waals surface area (Å²) < 4.78 is 16.0. The van der Waals surface area contributed by atoms with E-state index in [0.29, 0.717) is 23.0 Å². The highest BCUT2D eigenvalue weighted by atomic mass is 32.1. The number of nitrogens with one attached hydrogen (secondary N) is 1. The number of rotatable bonds is 7. The lowest BCUT2D eigenvalue weighted by Crippen LogP contribution is -2.27. The molecule has 1 aliphatic rings. The van der Waals surface area contributed by atoms with Crippen LogP contribution in [0.4, 0.5) is 10.7 Å². The van der Waals surface area contributed by atoms with Crippen LogP contribution in [0, 0.1) is 11.3 Å². The fourth-order valence-corrected chi connectivity index (χ4v) is 5.84. The van der Waals surface area contributed by atoms with Crippen LogP contribution in [0.15, 0.2) is 47.5 Å². The minimum atomic E-state index is -0.133. The third-order valence-electron chi connectivity index (χ3n) is 6.78. The Morgan fingerprint density at radius 1 is 1.03 bits per heavy atom. The lowest BCUT2D eigenvalue weighted by molar-refractivity contribution is 0.102. The van der Waals surface area contributed by atoms with Crippen molar-refractivity contribution in [1.82, 2.24) is 0 Å². The van der Waals surface area contributed by atoms with E-state index in [1.54, 1.807) is 38.9 Å². The van der Waals surface area contributed by atoms with Gasteiger partial charge in [0.2, 0.25) is 0 Å². The van der Waals surface area contributed by atoms with E-state index < -0.39 is 0 Å². The van der Waals surface area contributed by atoms with Gasteiger partial charge in [0, 0.05) is 16.8 Å². The summed E-state index contributed by atoms with van der Waals surface area (Å²) >= 11 is 1.63. The fourth-order valence-electron chi connectivity index (χ4n) is 4.57. The molecule has 3 aromatic rings. The highest BCUT2D eigenvalue weighted by molar-refractivity contribution is 7.16. The Kier molecular flexibility index (Phi) is 7.69. The molecule has 1 aliphatic carbocycles. The van der Waals surface area contributed by atoms with Crippen LogP contribution in [0.1, 0.15) is 53.6 Å². The number of anilines is 1. The summed E-state index contributed by atoms with van der Waals surface area (Å²) in [6, 6.07) is 13.0. The maximum absolute atomic E-state index is 13.6. The van der Waals surface area contributed by atoms with E-state index in [-0.39, 0.29) is 11.3 Å². The average molecular weight is 507 g/mol. The van der Waals surface area contributed by atoms with Crippen molar-refractivity contribution < 1.29 is 19.0 Å². The smallest absolute Gasteiger partial charge is 0.259 e. The number of fused-ring (bicyclic) bond motifs is 1. The third-order valence-corrected chi connectivity index (χ3v) is 7.95. The summed E-state index contributed by atoms with van der Waals surface area (Å²) in [5.41, 5.74) is 3.61. The molecule has 7 heteroatoms. The normalized spacial score (nSPS) is 15.4. The van der Waals surface area contributed by atoms with Crippen LogP contribution in [0.2, 0.25) is 0 Å². The highest BCUT2D eigenvalue weighted by Crippen LogP contribution is 2.45. The number of aliphatic imine (C=N–C) groups is 1. The number of nitrogens with zero attached hydrogens (tertiary/aromatic N) is 1. The second kappa shape index (κ2) is 10.7. The van der Waals surface area contributed by atoms with Gasteiger partial charge in [-0.25, -0.2) is 4.99 Å². The molecule has 1 atom stereocenters. The van der Waals surface area contributed by atoms with Crippen LogP contribution < -0.4 is 19.5 Å². The first-order valence-electron chi connectivity index (χ1n) is 12.1. The molecular weight excluding hydrogens is 472 g/mol. The molecule has 4 rings (SSSR count). The summed E-state index contributed by atoms with van der Waals surface area (Å²) in [7, 11) is 4.85. The van der Waals surface area contributed by atoms with Gasteiger partial charge >= 0.3 is 0 Å². The van der Waals surface area contributed by atoms with Crippen molar-refractivity contribution in [3.63, 3.8) is 0 Å². The molecule has 0 saturated carbocycles. The Morgan fingerprint density at radius 2 is 1.75 bits per heavy atom. The summed E-state index contributed by atoms with van der Waals surface area (Å²) in [5.74, 6) is 2.48. The molecule has 0 aliphatic heterocycles. The first kappa shape index (κ1) is 25.8. The van der Waals surface area contributed by atoms with E-state index in [4.69, 9.17) is 19.2 Å². The predicted molar refractivity (Wildman–Crippen MR) is 147 cm³/mol. The minimum Gasteiger partial charge on any atom is -0.497 e. The molecule has 0 fully saturated rings. The van der Waals surface area contributed by atoms with Gasteiger partial charge in [-0.3, -0.25) is 4.79 Å². The van der Waals surface area contributed by atoms with Crippen LogP contribution in [0.25, 0.3) is 0 Å².